The van der Waals surface area contributed by atoms with Crippen LogP contribution < -0.4 is 4.74 Å². The number of cyclic esters (lactones) is 1. The maximum Gasteiger partial charge on any atom is 0.363 e. The fourth-order valence-corrected chi connectivity index (χ4v) is 4.52. The van der Waals surface area contributed by atoms with Gasteiger partial charge < -0.3 is 9.47 Å². The molecule has 3 aromatic carbocycles. The molecule has 0 aromatic heterocycles. The smallest absolute Gasteiger partial charge is 0.363 e. The van der Waals surface area contributed by atoms with Gasteiger partial charge in [-0.15, -0.1) is 0 Å². The van der Waals surface area contributed by atoms with Crippen molar-refractivity contribution in [3.63, 3.8) is 0 Å². The number of carbonyl (C=O) groups is 2. The lowest BCUT2D eigenvalue weighted by atomic mass is 10.1. The molecule has 0 amide bonds. The third-order valence-corrected chi connectivity index (χ3v) is 5.96. The molecule has 0 atom stereocenters. The summed E-state index contributed by atoms with van der Waals surface area (Å²) >= 11 is 18.9. The monoisotopic (exact) mass is 593 g/mol. The lowest BCUT2D eigenvalue weighted by Gasteiger charge is -2.11. The number of benzene rings is 3. The van der Waals surface area contributed by atoms with E-state index in [1.165, 1.54) is 6.08 Å². The van der Waals surface area contributed by atoms with Crippen LogP contribution in [-0.2, 0) is 9.53 Å². The molecule has 1 aliphatic heterocycles. The molecule has 160 valence electrons. The number of hydrogen-bond donors (Lipinski definition) is 0. The predicted molar refractivity (Wildman–Crippen MR) is 130 cm³/mol. The zero-order valence-corrected chi connectivity index (χ0v) is 20.6. The quantitative estimate of drug-likeness (QED) is 0.184. The van der Waals surface area contributed by atoms with Crippen LogP contribution in [0.4, 0.5) is 0 Å². The number of rotatable bonds is 4. The number of esters is 2. The Kier molecular flexibility index (Phi) is 6.81. The Hall–Kier alpha value is -2.45. The van der Waals surface area contributed by atoms with Crippen molar-refractivity contribution < 1.29 is 19.1 Å². The van der Waals surface area contributed by atoms with Crippen molar-refractivity contribution in [2.24, 2.45) is 4.99 Å². The van der Waals surface area contributed by atoms with Gasteiger partial charge in [-0.3, -0.25) is 0 Å². The van der Waals surface area contributed by atoms with Crippen LogP contribution in [0.2, 0.25) is 10.0 Å². The van der Waals surface area contributed by atoms with E-state index in [1.807, 2.05) is 0 Å². The first-order valence-electron chi connectivity index (χ1n) is 9.06. The minimum Gasteiger partial charge on any atom is -0.421 e. The average Bonchev–Trinajstić information content (AvgIpc) is 3.11. The second kappa shape index (κ2) is 9.58. The van der Waals surface area contributed by atoms with E-state index in [-0.39, 0.29) is 17.3 Å². The van der Waals surface area contributed by atoms with Crippen LogP contribution >= 0.6 is 55.1 Å². The maximum absolute atomic E-state index is 12.6. The van der Waals surface area contributed by atoms with Crippen LogP contribution in [0.5, 0.6) is 5.75 Å². The van der Waals surface area contributed by atoms with Crippen molar-refractivity contribution in [2.45, 2.75) is 0 Å². The highest BCUT2D eigenvalue weighted by Gasteiger charge is 2.26. The van der Waals surface area contributed by atoms with Gasteiger partial charge >= 0.3 is 11.9 Å². The molecule has 4 rings (SSSR count). The van der Waals surface area contributed by atoms with Gasteiger partial charge in [-0.1, -0.05) is 51.3 Å². The highest BCUT2D eigenvalue weighted by atomic mass is 79.9. The number of carbonyl (C=O) groups excluding carboxylic acids is 2. The summed E-state index contributed by atoms with van der Waals surface area (Å²) < 4.78 is 12.1. The van der Waals surface area contributed by atoms with E-state index in [9.17, 15) is 9.59 Å². The molecule has 32 heavy (non-hydrogen) atoms. The molecule has 0 unspecified atom stereocenters. The third-order valence-electron chi connectivity index (χ3n) is 4.33. The Bertz CT molecular complexity index is 1300. The number of hydrogen-bond acceptors (Lipinski definition) is 5. The molecular weight excluding hydrogens is 585 g/mol. The summed E-state index contributed by atoms with van der Waals surface area (Å²) in [6.45, 7) is 0. The second-order valence-corrected chi connectivity index (χ2v) is 9.13. The van der Waals surface area contributed by atoms with Gasteiger partial charge in [0.1, 0.15) is 0 Å². The van der Waals surface area contributed by atoms with Crippen molar-refractivity contribution in [1.29, 1.82) is 0 Å². The first-order valence-corrected chi connectivity index (χ1v) is 11.4. The first-order chi connectivity index (χ1) is 15.3. The zero-order chi connectivity index (χ0) is 22.8. The van der Waals surface area contributed by atoms with Gasteiger partial charge in [0.15, 0.2) is 11.4 Å². The van der Waals surface area contributed by atoms with Gasteiger partial charge in [-0.2, -0.15) is 0 Å². The molecule has 1 heterocycles. The van der Waals surface area contributed by atoms with Crippen molar-refractivity contribution in [3.8, 4) is 5.75 Å². The molecule has 0 saturated carbocycles. The molecule has 0 N–H and O–H groups in total. The van der Waals surface area contributed by atoms with Crippen LogP contribution in [0, 0.1) is 0 Å². The summed E-state index contributed by atoms with van der Waals surface area (Å²) in [7, 11) is 0. The summed E-state index contributed by atoms with van der Waals surface area (Å²) in [5, 5.41) is 0.909. The Labute approximate surface area is 209 Å². The molecule has 5 nitrogen and oxygen atoms in total. The maximum atomic E-state index is 12.6. The Morgan fingerprint density at radius 2 is 1.75 bits per heavy atom. The molecule has 3 aromatic rings. The summed E-state index contributed by atoms with van der Waals surface area (Å²) in [4.78, 5) is 29.4. The molecule has 0 aliphatic carbocycles. The van der Waals surface area contributed by atoms with Gasteiger partial charge in [-0.25, -0.2) is 14.6 Å². The summed E-state index contributed by atoms with van der Waals surface area (Å²) in [5.74, 6) is -0.917. The minimum atomic E-state index is -0.647. The van der Waals surface area contributed by atoms with E-state index in [4.69, 9.17) is 32.7 Å². The van der Waals surface area contributed by atoms with Gasteiger partial charge in [0.05, 0.1) is 20.6 Å². The average molecular weight is 596 g/mol. The van der Waals surface area contributed by atoms with E-state index in [2.05, 4.69) is 36.9 Å². The predicted octanol–water partition coefficient (Wildman–Crippen LogP) is 7.08. The lowest BCUT2D eigenvalue weighted by Crippen LogP contribution is -2.10. The third kappa shape index (κ3) is 4.96. The zero-order valence-electron chi connectivity index (χ0n) is 15.9. The summed E-state index contributed by atoms with van der Waals surface area (Å²) in [6, 6.07) is 16.6. The Morgan fingerprint density at radius 3 is 2.47 bits per heavy atom. The van der Waals surface area contributed by atoms with Crippen molar-refractivity contribution in [3.05, 3.63) is 102 Å². The van der Waals surface area contributed by atoms with Gasteiger partial charge in [0.2, 0.25) is 5.90 Å². The summed E-state index contributed by atoms with van der Waals surface area (Å²) in [6.07, 6.45) is 1.48. The van der Waals surface area contributed by atoms with E-state index >= 15 is 0 Å². The molecule has 1 aliphatic rings. The van der Waals surface area contributed by atoms with E-state index in [1.54, 1.807) is 60.7 Å². The number of ether oxygens (including phenoxy) is 2. The van der Waals surface area contributed by atoms with Crippen molar-refractivity contribution in [1.82, 2.24) is 0 Å². The minimum absolute atomic E-state index is 0.0358. The Morgan fingerprint density at radius 1 is 1.03 bits per heavy atom. The highest BCUT2D eigenvalue weighted by Crippen LogP contribution is 2.36. The van der Waals surface area contributed by atoms with Crippen molar-refractivity contribution >= 4 is 79.0 Å². The Balaban J connectivity index is 1.71. The first kappa shape index (κ1) is 22.7. The van der Waals surface area contributed by atoms with Crippen LogP contribution in [-0.4, -0.2) is 17.8 Å². The fourth-order valence-electron chi connectivity index (χ4n) is 2.84. The van der Waals surface area contributed by atoms with Gasteiger partial charge in [0.25, 0.3) is 0 Å². The van der Waals surface area contributed by atoms with Crippen LogP contribution in [0.25, 0.3) is 6.08 Å². The summed E-state index contributed by atoms with van der Waals surface area (Å²) in [5.41, 5.74) is 1.29. The normalized spacial score (nSPS) is 14.3. The molecule has 0 fully saturated rings. The largest absolute Gasteiger partial charge is 0.421 e. The van der Waals surface area contributed by atoms with E-state index in [0.717, 1.165) is 0 Å². The van der Waals surface area contributed by atoms with Crippen LogP contribution in [0.15, 0.2) is 80.3 Å². The molecule has 0 radical (unpaired) electrons. The number of nitrogens with zero attached hydrogens (tertiary/aromatic N) is 1. The standard InChI is InChI=1S/C23H11Br2Cl2NO4/c24-14-9-13(10-19-23(30)32-21(28-19)16-3-1-2-4-18(16)27)20(17(25)11-14)31-22(29)12-5-7-15(26)8-6-12/h1-11H/b19-10-. The van der Waals surface area contributed by atoms with Gasteiger partial charge in [-0.05, 0) is 70.5 Å². The number of aliphatic imine (C=N–C) groups is 1. The van der Waals surface area contributed by atoms with Crippen LogP contribution in [0.3, 0.4) is 0 Å². The lowest BCUT2D eigenvalue weighted by molar-refractivity contribution is -0.129. The fraction of sp³-hybridized carbons (Fsp3) is 0. The highest BCUT2D eigenvalue weighted by molar-refractivity contribution is 9.11. The van der Waals surface area contributed by atoms with E-state index < -0.39 is 11.9 Å². The van der Waals surface area contributed by atoms with E-state index in [0.29, 0.717) is 35.7 Å². The second-order valence-electron chi connectivity index (χ2n) is 6.52. The van der Waals surface area contributed by atoms with Gasteiger partial charge in [0, 0.05) is 15.1 Å². The number of halogens is 4. The SMILES string of the molecule is O=C1OC(c2ccccc2Cl)=N/C1=C\c1cc(Br)cc(Br)c1OC(=O)c1ccc(Cl)cc1. The van der Waals surface area contributed by atoms with Crippen molar-refractivity contribution in [2.75, 3.05) is 0 Å². The molecule has 0 saturated heterocycles. The molecule has 9 heteroatoms. The topological polar surface area (TPSA) is 65.0 Å². The van der Waals surface area contributed by atoms with Crippen LogP contribution in [0.1, 0.15) is 21.5 Å². The molecule has 0 bridgehead atoms. The molecule has 0 spiro atoms. The molecular formula is C23H11Br2Cl2NO4.